The third-order valence-electron chi connectivity index (χ3n) is 3.01. The van der Waals surface area contributed by atoms with Crippen LogP contribution in [0.3, 0.4) is 0 Å². The molecule has 1 aliphatic rings. The van der Waals surface area contributed by atoms with E-state index in [1.165, 1.54) is 13.0 Å². The average molecular weight is 212 g/mol. The second-order valence-corrected chi connectivity index (χ2v) is 4.33. The molecule has 1 amide bonds. The number of piperazine rings is 1. The molecule has 0 bridgehead atoms. The monoisotopic (exact) mass is 212 g/mol. The third-order valence-corrected chi connectivity index (χ3v) is 3.01. The first kappa shape index (κ1) is 12.5. The lowest BCUT2D eigenvalue weighted by Crippen LogP contribution is -2.48. The predicted octanol–water partition coefficient (Wildman–Crippen LogP) is 1.73. The number of hydrogen-bond acceptors (Lipinski definition) is 2. The number of carbonyl (C=O) groups excluding carboxylic acids is 1. The van der Waals surface area contributed by atoms with Crippen molar-refractivity contribution in [3.05, 3.63) is 0 Å². The Morgan fingerprint density at radius 2 is 1.73 bits per heavy atom. The van der Waals surface area contributed by atoms with Gasteiger partial charge in [-0.05, 0) is 19.4 Å². The largest absolute Gasteiger partial charge is 0.340 e. The second kappa shape index (κ2) is 6.83. The first-order valence-corrected chi connectivity index (χ1v) is 6.28. The van der Waals surface area contributed by atoms with E-state index in [9.17, 15) is 4.79 Å². The summed E-state index contributed by atoms with van der Waals surface area (Å²) in [5, 5.41) is 0. The van der Waals surface area contributed by atoms with Crippen molar-refractivity contribution < 1.29 is 4.79 Å². The van der Waals surface area contributed by atoms with Gasteiger partial charge in [-0.1, -0.05) is 20.3 Å². The molecule has 0 aromatic heterocycles. The number of carbonyl (C=O) groups is 1. The van der Waals surface area contributed by atoms with Crippen molar-refractivity contribution in [1.82, 2.24) is 9.80 Å². The summed E-state index contributed by atoms with van der Waals surface area (Å²) in [6.07, 6.45) is 4.10. The van der Waals surface area contributed by atoms with Gasteiger partial charge in [0.1, 0.15) is 0 Å². The summed E-state index contributed by atoms with van der Waals surface area (Å²) < 4.78 is 0. The molecule has 1 heterocycles. The lowest BCUT2D eigenvalue weighted by molar-refractivity contribution is -0.133. The molecule has 0 aromatic carbocycles. The van der Waals surface area contributed by atoms with E-state index in [0.717, 1.165) is 45.4 Å². The van der Waals surface area contributed by atoms with Crippen LogP contribution in [-0.4, -0.2) is 48.4 Å². The number of nitrogens with zero attached hydrogens (tertiary/aromatic N) is 2. The Morgan fingerprint density at radius 3 is 2.27 bits per heavy atom. The quantitative estimate of drug-likeness (QED) is 0.693. The summed E-state index contributed by atoms with van der Waals surface area (Å²) in [6.45, 7) is 9.50. The second-order valence-electron chi connectivity index (χ2n) is 4.33. The Kier molecular flexibility index (Phi) is 5.69. The highest BCUT2D eigenvalue weighted by Crippen LogP contribution is 2.06. The molecule has 15 heavy (non-hydrogen) atoms. The molecule has 1 rings (SSSR count). The molecule has 88 valence electrons. The smallest absolute Gasteiger partial charge is 0.222 e. The van der Waals surface area contributed by atoms with Crippen molar-refractivity contribution in [1.29, 1.82) is 0 Å². The van der Waals surface area contributed by atoms with Gasteiger partial charge < -0.3 is 4.90 Å². The molecule has 0 saturated carbocycles. The van der Waals surface area contributed by atoms with Gasteiger partial charge in [0.15, 0.2) is 0 Å². The van der Waals surface area contributed by atoms with E-state index in [0.29, 0.717) is 5.91 Å². The van der Waals surface area contributed by atoms with Crippen molar-refractivity contribution in [2.45, 2.75) is 39.5 Å². The van der Waals surface area contributed by atoms with Crippen LogP contribution in [0.1, 0.15) is 39.5 Å². The topological polar surface area (TPSA) is 23.6 Å². The lowest BCUT2D eigenvalue weighted by atomic mass is 10.2. The number of hydrogen-bond donors (Lipinski definition) is 0. The highest BCUT2D eigenvalue weighted by molar-refractivity contribution is 5.76. The zero-order valence-electron chi connectivity index (χ0n) is 10.2. The summed E-state index contributed by atoms with van der Waals surface area (Å²) in [6, 6.07) is 0. The van der Waals surface area contributed by atoms with Crippen molar-refractivity contribution in [2.75, 3.05) is 32.7 Å². The Hall–Kier alpha value is -0.570. The van der Waals surface area contributed by atoms with Gasteiger partial charge in [0.2, 0.25) is 5.91 Å². The highest BCUT2D eigenvalue weighted by Gasteiger charge is 2.19. The van der Waals surface area contributed by atoms with E-state index in [1.54, 1.807) is 0 Å². The summed E-state index contributed by atoms with van der Waals surface area (Å²) >= 11 is 0. The van der Waals surface area contributed by atoms with Crippen LogP contribution in [-0.2, 0) is 4.79 Å². The first-order valence-electron chi connectivity index (χ1n) is 6.28. The van der Waals surface area contributed by atoms with Crippen LogP contribution < -0.4 is 0 Å². The van der Waals surface area contributed by atoms with Crippen LogP contribution >= 0.6 is 0 Å². The SMILES string of the molecule is CCCCC(=O)N1CCN(CCC)CC1. The molecular formula is C12H24N2O. The molecule has 0 spiro atoms. The first-order chi connectivity index (χ1) is 7.27. The maximum atomic E-state index is 11.7. The van der Waals surface area contributed by atoms with E-state index in [1.807, 2.05) is 4.90 Å². The Balaban J connectivity index is 2.21. The fourth-order valence-electron chi connectivity index (χ4n) is 2.02. The zero-order chi connectivity index (χ0) is 11.1. The molecule has 1 saturated heterocycles. The molecule has 1 fully saturated rings. The van der Waals surface area contributed by atoms with Crippen molar-refractivity contribution >= 4 is 5.91 Å². The number of rotatable bonds is 5. The minimum atomic E-state index is 0.355. The third kappa shape index (κ3) is 4.20. The van der Waals surface area contributed by atoms with Gasteiger partial charge in [-0.3, -0.25) is 9.69 Å². The van der Waals surface area contributed by atoms with E-state index < -0.39 is 0 Å². The van der Waals surface area contributed by atoms with Gasteiger partial charge in [-0.15, -0.1) is 0 Å². The molecule has 3 heteroatoms. The van der Waals surface area contributed by atoms with Crippen LogP contribution in [0.25, 0.3) is 0 Å². The Bertz CT molecular complexity index is 186. The molecule has 0 N–H and O–H groups in total. The van der Waals surface area contributed by atoms with Crippen LogP contribution in [0.2, 0.25) is 0 Å². The Labute approximate surface area is 93.4 Å². The van der Waals surface area contributed by atoms with Gasteiger partial charge in [-0.2, -0.15) is 0 Å². The van der Waals surface area contributed by atoms with Crippen LogP contribution in [0.4, 0.5) is 0 Å². The van der Waals surface area contributed by atoms with Gasteiger partial charge in [0.25, 0.3) is 0 Å². The number of unbranched alkanes of at least 4 members (excludes halogenated alkanes) is 1. The zero-order valence-corrected chi connectivity index (χ0v) is 10.2. The summed E-state index contributed by atoms with van der Waals surface area (Å²) in [5.74, 6) is 0.355. The molecule has 0 unspecified atom stereocenters. The van der Waals surface area contributed by atoms with Crippen LogP contribution in [0.5, 0.6) is 0 Å². The minimum Gasteiger partial charge on any atom is -0.340 e. The van der Waals surface area contributed by atoms with Crippen molar-refractivity contribution in [3.63, 3.8) is 0 Å². The maximum absolute atomic E-state index is 11.7. The fourth-order valence-corrected chi connectivity index (χ4v) is 2.02. The van der Waals surface area contributed by atoms with Gasteiger partial charge in [-0.25, -0.2) is 0 Å². The summed E-state index contributed by atoms with van der Waals surface area (Å²) in [7, 11) is 0. The lowest BCUT2D eigenvalue weighted by Gasteiger charge is -2.34. The average Bonchev–Trinajstić information content (AvgIpc) is 2.27. The molecular weight excluding hydrogens is 188 g/mol. The van der Waals surface area contributed by atoms with E-state index in [-0.39, 0.29) is 0 Å². The molecule has 1 aliphatic heterocycles. The molecule has 0 aromatic rings. The Morgan fingerprint density at radius 1 is 1.07 bits per heavy atom. The molecule has 0 radical (unpaired) electrons. The van der Waals surface area contributed by atoms with Gasteiger partial charge in [0, 0.05) is 32.6 Å². The maximum Gasteiger partial charge on any atom is 0.222 e. The minimum absolute atomic E-state index is 0.355. The van der Waals surface area contributed by atoms with Gasteiger partial charge >= 0.3 is 0 Å². The standard InChI is InChI=1S/C12H24N2O/c1-3-5-6-12(15)14-10-8-13(7-4-2)9-11-14/h3-11H2,1-2H3. The van der Waals surface area contributed by atoms with Crippen LogP contribution in [0.15, 0.2) is 0 Å². The summed E-state index contributed by atoms with van der Waals surface area (Å²) in [5.41, 5.74) is 0. The van der Waals surface area contributed by atoms with Crippen molar-refractivity contribution in [3.8, 4) is 0 Å². The van der Waals surface area contributed by atoms with Crippen LogP contribution in [0, 0.1) is 0 Å². The molecule has 3 nitrogen and oxygen atoms in total. The molecule has 0 atom stereocenters. The fraction of sp³-hybridized carbons (Fsp3) is 0.917. The highest BCUT2D eigenvalue weighted by atomic mass is 16.2. The predicted molar refractivity (Wildman–Crippen MR) is 62.8 cm³/mol. The van der Waals surface area contributed by atoms with E-state index in [4.69, 9.17) is 0 Å². The molecule has 0 aliphatic carbocycles. The summed E-state index contributed by atoms with van der Waals surface area (Å²) in [4.78, 5) is 16.2. The normalized spacial score (nSPS) is 18.1. The van der Waals surface area contributed by atoms with E-state index >= 15 is 0 Å². The number of amides is 1. The van der Waals surface area contributed by atoms with E-state index in [2.05, 4.69) is 18.7 Å². The van der Waals surface area contributed by atoms with Gasteiger partial charge in [0.05, 0.1) is 0 Å². The van der Waals surface area contributed by atoms with Crippen molar-refractivity contribution in [2.24, 2.45) is 0 Å².